The van der Waals surface area contributed by atoms with Gasteiger partial charge in [0.2, 0.25) is 0 Å². The van der Waals surface area contributed by atoms with E-state index in [1.165, 1.54) is 0 Å². The Morgan fingerprint density at radius 2 is 2.00 bits per heavy atom. The fourth-order valence-corrected chi connectivity index (χ4v) is 0.305. The first-order chi connectivity index (χ1) is 3.41. The minimum absolute atomic E-state index is 0. The minimum atomic E-state index is -0.111. The van der Waals surface area contributed by atoms with Crippen LogP contribution in [-0.4, -0.2) is 19.8 Å². The van der Waals surface area contributed by atoms with E-state index in [0.717, 1.165) is 13.0 Å². The Hall–Kier alpha value is 1.56. The number of hydrogen-bond donors (Lipinski definition) is 0. The maximum absolute atomic E-state index is 9.68. The number of ether oxygens (including phenoxy) is 1. The molecular weight excluding hydrogens is 131 g/mol. The van der Waals surface area contributed by atoms with Crippen LogP contribution in [0.15, 0.2) is 0 Å². The summed E-state index contributed by atoms with van der Waals surface area (Å²) in [5.41, 5.74) is 0. The van der Waals surface area contributed by atoms with E-state index in [4.69, 9.17) is 4.74 Å². The van der Waals surface area contributed by atoms with Gasteiger partial charge < -0.3 is 9.84 Å². The van der Waals surface area contributed by atoms with Gasteiger partial charge in [0.15, 0.2) is 0 Å². The molecular formula is C5H11KO2. The van der Waals surface area contributed by atoms with Gasteiger partial charge in [-0.25, -0.2) is 0 Å². The summed E-state index contributed by atoms with van der Waals surface area (Å²) in [7, 11) is 0. The third-order valence-corrected chi connectivity index (χ3v) is 0.576. The minimum Gasteiger partial charge on any atom is -0.853 e. The van der Waals surface area contributed by atoms with Crippen molar-refractivity contribution >= 4 is 0 Å². The molecule has 0 rings (SSSR count). The molecule has 0 aromatic heterocycles. The Morgan fingerprint density at radius 1 is 1.38 bits per heavy atom. The summed E-state index contributed by atoms with van der Waals surface area (Å²) in [5, 5.41) is 9.68. The first-order valence-electron chi connectivity index (χ1n) is 2.57. The van der Waals surface area contributed by atoms with Crippen LogP contribution in [-0.2, 0) is 4.74 Å². The molecule has 0 amide bonds. The first kappa shape index (κ1) is 12.3. The third-order valence-electron chi connectivity index (χ3n) is 0.576. The fraction of sp³-hybridized carbons (Fsp3) is 1.00. The molecule has 0 unspecified atom stereocenters. The predicted molar refractivity (Wildman–Crippen MR) is 26.0 cm³/mol. The maximum Gasteiger partial charge on any atom is 1.00 e. The second-order valence-electron chi connectivity index (χ2n) is 1.32. The molecule has 0 aliphatic rings. The molecule has 0 bridgehead atoms. The van der Waals surface area contributed by atoms with Crippen LogP contribution in [0.2, 0.25) is 0 Å². The van der Waals surface area contributed by atoms with Gasteiger partial charge in [-0.15, -0.1) is 6.61 Å². The summed E-state index contributed by atoms with van der Waals surface area (Å²) in [6.07, 6.45) is 1.00. The van der Waals surface area contributed by atoms with E-state index in [0.29, 0.717) is 6.61 Å². The molecule has 0 aliphatic carbocycles. The zero-order chi connectivity index (χ0) is 5.54. The second-order valence-corrected chi connectivity index (χ2v) is 1.32. The SMILES string of the molecule is CCCOCC[O-].[K+]. The summed E-state index contributed by atoms with van der Waals surface area (Å²) < 4.78 is 4.82. The van der Waals surface area contributed by atoms with Crippen LogP contribution < -0.4 is 56.5 Å². The number of hydrogen-bond acceptors (Lipinski definition) is 2. The molecule has 3 heteroatoms. The van der Waals surface area contributed by atoms with Crippen molar-refractivity contribution in [1.82, 2.24) is 0 Å². The van der Waals surface area contributed by atoms with Crippen LogP contribution in [0.25, 0.3) is 0 Å². The summed E-state index contributed by atoms with van der Waals surface area (Å²) in [4.78, 5) is 0. The van der Waals surface area contributed by atoms with Gasteiger partial charge >= 0.3 is 51.4 Å². The second kappa shape index (κ2) is 11.4. The smallest absolute Gasteiger partial charge is 0.853 e. The summed E-state index contributed by atoms with van der Waals surface area (Å²) >= 11 is 0. The molecule has 0 radical (unpaired) electrons. The van der Waals surface area contributed by atoms with Crippen molar-refractivity contribution in [2.45, 2.75) is 13.3 Å². The Balaban J connectivity index is 0. The molecule has 0 spiro atoms. The molecule has 0 atom stereocenters. The molecule has 0 N–H and O–H groups in total. The molecule has 0 saturated carbocycles. The van der Waals surface area contributed by atoms with E-state index in [1.54, 1.807) is 0 Å². The predicted octanol–water partition coefficient (Wildman–Crippen LogP) is -3.22. The summed E-state index contributed by atoms with van der Waals surface area (Å²) in [5.74, 6) is 0. The largest absolute Gasteiger partial charge is 1.00 e. The van der Waals surface area contributed by atoms with E-state index in [-0.39, 0.29) is 58.0 Å². The molecule has 0 aromatic carbocycles. The molecule has 2 nitrogen and oxygen atoms in total. The van der Waals surface area contributed by atoms with Crippen LogP contribution in [0.1, 0.15) is 13.3 Å². The van der Waals surface area contributed by atoms with Gasteiger partial charge in [0.05, 0.1) is 0 Å². The van der Waals surface area contributed by atoms with Gasteiger partial charge in [-0.3, -0.25) is 0 Å². The van der Waals surface area contributed by atoms with E-state index in [2.05, 4.69) is 0 Å². The molecule has 0 saturated heterocycles. The van der Waals surface area contributed by atoms with E-state index in [1.807, 2.05) is 6.92 Å². The third kappa shape index (κ3) is 10.5. The van der Waals surface area contributed by atoms with Crippen molar-refractivity contribution in [3.63, 3.8) is 0 Å². The zero-order valence-corrected chi connectivity index (χ0v) is 8.77. The average Bonchev–Trinajstić information content (AvgIpc) is 1.69. The van der Waals surface area contributed by atoms with E-state index < -0.39 is 0 Å². The molecule has 8 heavy (non-hydrogen) atoms. The van der Waals surface area contributed by atoms with Crippen molar-refractivity contribution in [3.05, 3.63) is 0 Å². The maximum atomic E-state index is 9.68. The molecule has 0 heterocycles. The molecule has 0 aliphatic heterocycles. The van der Waals surface area contributed by atoms with Gasteiger partial charge in [-0.05, 0) is 6.42 Å². The van der Waals surface area contributed by atoms with Crippen molar-refractivity contribution in [3.8, 4) is 0 Å². The monoisotopic (exact) mass is 142 g/mol. The fourth-order valence-electron chi connectivity index (χ4n) is 0.305. The Labute approximate surface area is 93.0 Å². The van der Waals surface area contributed by atoms with Crippen LogP contribution in [0.3, 0.4) is 0 Å². The first-order valence-corrected chi connectivity index (χ1v) is 2.57. The van der Waals surface area contributed by atoms with Gasteiger partial charge in [0, 0.05) is 13.2 Å². The Bertz CT molecular complexity index is 29.6. The van der Waals surface area contributed by atoms with Crippen molar-refractivity contribution in [1.29, 1.82) is 0 Å². The van der Waals surface area contributed by atoms with Crippen molar-refractivity contribution < 1.29 is 61.2 Å². The Morgan fingerprint density at radius 3 is 2.38 bits per heavy atom. The normalized spacial score (nSPS) is 8.25. The van der Waals surface area contributed by atoms with Gasteiger partial charge in [-0.1, -0.05) is 6.92 Å². The molecule has 44 valence electrons. The van der Waals surface area contributed by atoms with Crippen molar-refractivity contribution in [2.75, 3.05) is 19.8 Å². The van der Waals surface area contributed by atoms with Gasteiger partial charge in [0.1, 0.15) is 0 Å². The average molecular weight is 142 g/mol. The molecule has 0 fully saturated rings. The van der Waals surface area contributed by atoms with Crippen molar-refractivity contribution in [2.24, 2.45) is 0 Å². The zero-order valence-electron chi connectivity index (χ0n) is 5.64. The Kier molecular flexibility index (Phi) is 17.4. The standard InChI is InChI=1S/C5H11O2.K/c1-2-4-7-5-3-6;/h2-5H2,1H3;/q-1;+1. The van der Waals surface area contributed by atoms with Crippen LogP contribution >= 0.6 is 0 Å². The molecule has 0 aromatic rings. The van der Waals surface area contributed by atoms with E-state index in [9.17, 15) is 5.11 Å². The van der Waals surface area contributed by atoms with E-state index >= 15 is 0 Å². The number of rotatable bonds is 4. The van der Waals surface area contributed by atoms with Crippen LogP contribution in [0.5, 0.6) is 0 Å². The summed E-state index contributed by atoms with van der Waals surface area (Å²) in [6.45, 7) is 3.00. The topological polar surface area (TPSA) is 32.3 Å². The quantitative estimate of drug-likeness (QED) is 0.305. The summed E-state index contributed by atoms with van der Waals surface area (Å²) in [6, 6.07) is 0. The van der Waals surface area contributed by atoms with Gasteiger partial charge in [0.25, 0.3) is 0 Å². The van der Waals surface area contributed by atoms with Crippen LogP contribution in [0.4, 0.5) is 0 Å². The van der Waals surface area contributed by atoms with Crippen LogP contribution in [0, 0.1) is 0 Å². The van der Waals surface area contributed by atoms with Gasteiger partial charge in [-0.2, -0.15) is 0 Å².